The number of rotatable bonds is 6. The molecule has 0 amide bonds. The minimum atomic E-state index is -0.0691. The minimum absolute atomic E-state index is 0.0691. The van der Waals surface area contributed by atoms with E-state index in [1.165, 1.54) is 11.3 Å². The van der Waals surface area contributed by atoms with Crippen LogP contribution in [0.4, 0.5) is 0 Å². The van der Waals surface area contributed by atoms with Gasteiger partial charge in [-0.3, -0.25) is 4.40 Å². The van der Waals surface area contributed by atoms with Crippen LogP contribution >= 0.6 is 11.3 Å². The number of aromatic nitrogens is 2. The number of aliphatic hydroxyl groups excluding tert-OH is 1. The van der Waals surface area contributed by atoms with Crippen LogP contribution in [0.5, 0.6) is 0 Å². The fourth-order valence-electron chi connectivity index (χ4n) is 2.95. The van der Waals surface area contributed by atoms with Crippen molar-refractivity contribution in [2.24, 2.45) is 5.16 Å². The zero-order valence-electron chi connectivity index (χ0n) is 14.8. The lowest BCUT2D eigenvalue weighted by Gasteiger charge is -2.06. The molecule has 28 heavy (non-hydrogen) atoms. The van der Waals surface area contributed by atoms with Crippen LogP contribution in [0, 0.1) is 11.3 Å². The molecule has 0 bridgehead atoms. The van der Waals surface area contributed by atoms with E-state index in [9.17, 15) is 5.26 Å². The first-order valence-corrected chi connectivity index (χ1v) is 9.50. The number of hydrogen-bond acceptors (Lipinski definition) is 6. The van der Waals surface area contributed by atoms with Crippen molar-refractivity contribution in [2.75, 3.05) is 13.2 Å². The van der Waals surface area contributed by atoms with Crippen molar-refractivity contribution in [2.45, 2.75) is 0 Å². The highest BCUT2D eigenvalue weighted by atomic mass is 32.1. The van der Waals surface area contributed by atoms with E-state index in [-0.39, 0.29) is 13.2 Å². The van der Waals surface area contributed by atoms with Crippen LogP contribution in [0.1, 0.15) is 10.4 Å². The first-order valence-electron chi connectivity index (χ1n) is 8.62. The summed E-state index contributed by atoms with van der Waals surface area (Å²) in [4.78, 5) is 10.1. The summed E-state index contributed by atoms with van der Waals surface area (Å²) in [6, 6.07) is 16.2. The quantitative estimate of drug-likeness (QED) is 0.308. The maximum absolute atomic E-state index is 9.30. The maximum Gasteiger partial charge on any atom is 0.140 e. The zero-order valence-corrected chi connectivity index (χ0v) is 15.6. The van der Waals surface area contributed by atoms with Crippen LogP contribution in [-0.4, -0.2) is 33.9 Å². The minimum Gasteiger partial charge on any atom is -0.393 e. The summed E-state index contributed by atoms with van der Waals surface area (Å²) in [5.74, 6) is 0. The number of nitriles is 1. The molecule has 0 radical (unpaired) electrons. The van der Waals surface area contributed by atoms with Gasteiger partial charge in [0.1, 0.15) is 23.2 Å². The number of nitrogens with zero attached hydrogens (tertiary/aromatic N) is 4. The molecular weight excluding hydrogens is 372 g/mol. The molecular formula is C21H16N4O2S. The molecule has 6 nitrogen and oxygen atoms in total. The predicted molar refractivity (Wildman–Crippen MR) is 109 cm³/mol. The fraction of sp³-hybridized carbons (Fsp3) is 0.0952. The number of imidazole rings is 1. The third-order valence-corrected chi connectivity index (χ3v) is 5.05. The van der Waals surface area contributed by atoms with Crippen LogP contribution < -0.4 is 0 Å². The Bertz CT molecular complexity index is 1190. The summed E-state index contributed by atoms with van der Waals surface area (Å²) in [6.45, 7) is 0.0978. The topological polar surface area (TPSA) is 82.9 Å². The van der Waals surface area contributed by atoms with Gasteiger partial charge in [0.05, 0.1) is 24.7 Å². The number of thiophene rings is 1. The standard InChI is InChI=1S/C21H16N4O2S/c22-12-20-18(5-9-28-20)16-2-1-3-17(11-16)19-14-23-21-10-15(4-6-25(19)21)13-24-27-8-7-26/h1-6,9-11,13-14,26H,7-8H2/b24-13+. The molecule has 0 saturated heterocycles. The molecule has 4 rings (SSSR count). The highest BCUT2D eigenvalue weighted by molar-refractivity contribution is 7.11. The second-order valence-electron chi connectivity index (χ2n) is 5.98. The van der Waals surface area contributed by atoms with Gasteiger partial charge in [-0.25, -0.2) is 4.98 Å². The van der Waals surface area contributed by atoms with Crippen molar-refractivity contribution in [3.8, 4) is 28.5 Å². The van der Waals surface area contributed by atoms with Gasteiger partial charge in [-0.2, -0.15) is 5.26 Å². The predicted octanol–water partition coefficient (Wildman–Crippen LogP) is 3.94. The molecule has 138 valence electrons. The first-order chi connectivity index (χ1) is 13.8. The molecule has 0 spiro atoms. The van der Waals surface area contributed by atoms with Gasteiger partial charge in [-0.1, -0.05) is 23.4 Å². The number of oxime groups is 1. The van der Waals surface area contributed by atoms with Crippen molar-refractivity contribution in [3.63, 3.8) is 0 Å². The van der Waals surface area contributed by atoms with Crippen LogP contribution in [0.15, 0.2) is 65.4 Å². The summed E-state index contributed by atoms with van der Waals surface area (Å²) in [5, 5.41) is 23.7. The van der Waals surface area contributed by atoms with Gasteiger partial charge in [-0.05, 0) is 35.2 Å². The Balaban J connectivity index is 1.67. The van der Waals surface area contributed by atoms with Crippen molar-refractivity contribution in [1.29, 1.82) is 5.26 Å². The largest absolute Gasteiger partial charge is 0.393 e. The molecule has 0 saturated carbocycles. The molecule has 7 heteroatoms. The van der Waals surface area contributed by atoms with Crippen LogP contribution in [0.25, 0.3) is 28.0 Å². The molecule has 0 fully saturated rings. The molecule has 0 atom stereocenters. The molecule has 3 heterocycles. The van der Waals surface area contributed by atoms with Gasteiger partial charge in [0.25, 0.3) is 0 Å². The molecule has 0 aliphatic rings. The lowest BCUT2D eigenvalue weighted by atomic mass is 10.0. The van der Waals surface area contributed by atoms with Crippen molar-refractivity contribution < 1.29 is 9.94 Å². The molecule has 4 aromatic rings. The molecule has 0 aliphatic carbocycles. The lowest BCUT2D eigenvalue weighted by molar-refractivity contribution is 0.0997. The Labute approximate surface area is 165 Å². The number of pyridine rings is 1. The Morgan fingerprint density at radius 1 is 1.25 bits per heavy atom. The van der Waals surface area contributed by atoms with Crippen LogP contribution in [0.3, 0.4) is 0 Å². The van der Waals surface area contributed by atoms with E-state index in [1.54, 1.807) is 6.21 Å². The molecule has 0 unspecified atom stereocenters. The van der Waals surface area contributed by atoms with E-state index in [0.717, 1.165) is 33.6 Å². The monoisotopic (exact) mass is 388 g/mol. The van der Waals surface area contributed by atoms with Crippen LogP contribution in [0.2, 0.25) is 0 Å². The van der Waals surface area contributed by atoms with E-state index in [1.807, 2.05) is 58.6 Å². The maximum atomic E-state index is 9.30. The number of benzene rings is 1. The average molecular weight is 388 g/mol. The smallest absolute Gasteiger partial charge is 0.140 e. The number of hydrogen-bond donors (Lipinski definition) is 1. The molecule has 3 aromatic heterocycles. The third kappa shape index (κ3) is 3.51. The SMILES string of the molecule is N#Cc1sccc1-c1cccc(-c2cnc3cc(/C=N/OCCO)ccn23)c1. The highest BCUT2D eigenvalue weighted by Gasteiger charge is 2.10. The molecule has 0 aliphatic heterocycles. The summed E-state index contributed by atoms with van der Waals surface area (Å²) in [6.07, 6.45) is 5.35. The second-order valence-corrected chi connectivity index (χ2v) is 6.90. The molecule has 1 aromatic carbocycles. The van der Waals surface area contributed by atoms with Crippen LogP contribution in [-0.2, 0) is 4.84 Å². The first kappa shape index (κ1) is 17.9. The van der Waals surface area contributed by atoms with E-state index in [4.69, 9.17) is 9.94 Å². The third-order valence-electron chi connectivity index (χ3n) is 4.23. The van der Waals surface area contributed by atoms with Gasteiger partial charge in [0, 0.05) is 22.9 Å². The van der Waals surface area contributed by atoms with Gasteiger partial charge in [0.2, 0.25) is 0 Å². The number of fused-ring (bicyclic) bond motifs is 1. The van der Waals surface area contributed by atoms with E-state index in [0.29, 0.717) is 4.88 Å². The second kappa shape index (κ2) is 8.05. The van der Waals surface area contributed by atoms with Crippen molar-refractivity contribution in [1.82, 2.24) is 9.38 Å². The Kier molecular flexibility index (Phi) is 5.15. The molecule has 1 N–H and O–H groups in total. The summed E-state index contributed by atoms with van der Waals surface area (Å²) >= 11 is 1.45. The Hall–Kier alpha value is -3.47. The fourth-order valence-corrected chi connectivity index (χ4v) is 3.66. The Morgan fingerprint density at radius 2 is 2.14 bits per heavy atom. The van der Waals surface area contributed by atoms with Gasteiger partial charge >= 0.3 is 0 Å². The van der Waals surface area contributed by atoms with E-state index < -0.39 is 0 Å². The van der Waals surface area contributed by atoms with Crippen molar-refractivity contribution in [3.05, 3.63) is 70.7 Å². The zero-order chi connectivity index (χ0) is 19.3. The normalized spacial score (nSPS) is 11.1. The van der Waals surface area contributed by atoms with Gasteiger partial charge < -0.3 is 9.94 Å². The van der Waals surface area contributed by atoms with Gasteiger partial charge in [0.15, 0.2) is 0 Å². The average Bonchev–Trinajstić information content (AvgIpc) is 3.38. The summed E-state index contributed by atoms with van der Waals surface area (Å²) in [5.41, 5.74) is 5.59. The van der Waals surface area contributed by atoms with E-state index in [2.05, 4.69) is 22.3 Å². The van der Waals surface area contributed by atoms with E-state index >= 15 is 0 Å². The van der Waals surface area contributed by atoms with Crippen molar-refractivity contribution >= 4 is 23.2 Å². The lowest BCUT2D eigenvalue weighted by Crippen LogP contribution is -1.94. The Morgan fingerprint density at radius 3 is 3.00 bits per heavy atom. The number of aliphatic hydroxyl groups is 1. The van der Waals surface area contributed by atoms with Gasteiger partial charge in [-0.15, -0.1) is 11.3 Å². The summed E-state index contributed by atoms with van der Waals surface area (Å²) < 4.78 is 2.00. The summed E-state index contributed by atoms with van der Waals surface area (Å²) in [7, 11) is 0. The highest BCUT2D eigenvalue weighted by Crippen LogP contribution is 2.31.